The number of nitrogens with zero attached hydrogens (tertiary/aromatic N) is 1. The Kier molecular flexibility index (Phi) is 6.90. The topological polar surface area (TPSA) is 58.4 Å². The monoisotopic (exact) mass is 433 g/mol. The van der Waals surface area contributed by atoms with E-state index >= 15 is 0 Å². The first-order valence-corrected chi connectivity index (χ1v) is 11.1. The third-order valence-electron chi connectivity index (χ3n) is 6.05. The normalized spacial score (nSPS) is 18.1. The third kappa shape index (κ3) is 5.66. The van der Waals surface area contributed by atoms with E-state index in [9.17, 15) is 4.79 Å². The van der Waals surface area contributed by atoms with Crippen molar-refractivity contribution in [3.05, 3.63) is 101 Å². The first-order valence-electron chi connectivity index (χ1n) is 10.7. The van der Waals surface area contributed by atoms with Crippen molar-refractivity contribution in [2.75, 3.05) is 24.5 Å². The minimum absolute atomic E-state index is 0.400. The van der Waals surface area contributed by atoms with Crippen LogP contribution in [-0.4, -0.2) is 25.5 Å². The quantitative estimate of drug-likeness (QED) is 0.549. The molecule has 0 saturated carbocycles. The highest BCUT2D eigenvalue weighted by Gasteiger charge is 2.29. The van der Waals surface area contributed by atoms with Crippen LogP contribution in [-0.2, 0) is 13.0 Å². The highest BCUT2D eigenvalue weighted by atomic mass is 35.5. The molecule has 1 amide bonds. The molecule has 1 fully saturated rings. The fourth-order valence-electron chi connectivity index (χ4n) is 4.40. The van der Waals surface area contributed by atoms with Crippen LogP contribution in [0.3, 0.4) is 0 Å². The zero-order valence-corrected chi connectivity index (χ0v) is 18.3. The van der Waals surface area contributed by atoms with Gasteiger partial charge in [0.2, 0.25) is 5.91 Å². The van der Waals surface area contributed by atoms with Gasteiger partial charge in [-0.15, -0.1) is 0 Å². The Labute approximate surface area is 189 Å². The molecule has 0 radical (unpaired) electrons. The molecule has 1 saturated heterocycles. The average molecular weight is 434 g/mol. The second-order valence-electron chi connectivity index (χ2n) is 8.29. The molecule has 0 unspecified atom stereocenters. The summed E-state index contributed by atoms with van der Waals surface area (Å²) in [5.74, 6) is 0.701. The fourth-order valence-corrected chi connectivity index (χ4v) is 4.52. The van der Waals surface area contributed by atoms with Gasteiger partial charge in [-0.1, -0.05) is 54.1 Å². The number of amides is 1. The van der Waals surface area contributed by atoms with Crippen molar-refractivity contribution in [1.29, 1.82) is 0 Å². The van der Waals surface area contributed by atoms with Crippen LogP contribution in [0.25, 0.3) is 0 Å². The number of anilines is 1. The van der Waals surface area contributed by atoms with E-state index in [1.807, 2.05) is 30.3 Å². The third-order valence-corrected chi connectivity index (χ3v) is 6.30. The van der Waals surface area contributed by atoms with Crippen LogP contribution < -0.4 is 16.0 Å². The molecule has 4 rings (SSSR count). The van der Waals surface area contributed by atoms with E-state index in [4.69, 9.17) is 17.3 Å². The minimum atomic E-state index is -0.400. The van der Waals surface area contributed by atoms with Crippen molar-refractivity contribution < 1.29 is 4.79 Å². The van der Waals surface area contributed by atoms with Gasteiger partial charge in [-0.25, -0.2) is 0 Å². The van der Waals surface area contributed by atoms with Gasteiger partial charge in [0.25, 0.3) is 0 Å². The van der Waals surface area contributed by atoms with Crippen LogP contribution >= 0.6 is 11.6 Å². The summed E-state index contributed by atoms with van der Waals surface area (Å²) >= 11 is 6.14. The van der Waals surface area contributed by atoms with Crippen LogP contribution in [0.15, 0.2) is 78.9 Å². The molecule has 3 aromatic carbocycles. The second kappa shape index (κ2) is 9.99. The van der Waals surface area contributed by atoms with Crippen molar-refractivity contribution in [1.82, 2.24) is 5.32 Å². The van der Waals surface area contributed by atoms with E-state index in [1.165, 1.54) is 5.56 Å². The SMILES string of the molecule is NC(=O)c1cccc(CN(C[C@H]2CNC[C@@H]2Cc2ccccc2)c2ccc(Cl)cc2)c1. The smallest absolute Gasteiger partial charge is 0.248 e. The van der Waals surface area contributed by atoms with Crippen molar-refractivity contribution in [2.45, 2.75) is 13.0 Å². The number of hydrogen-bond donors (Lipinski definition) is 2. The molecule has 2 atom stereocenters. The van der Waals surface area contributed by atoms with E-state index in [1.54, 1.807) is 6.07 Å². The number of carbonyl (C=O) groups excluding carboxylic acids is 1. The maximum Gasteiger partial charge on any atom is 0.248 e. The van der Waals surface area contributed by atoms with Gasteiger partial charge in [-0.05, 0) is 78.9 Å². The number of rotatable bonds is 8. The van der Waals surface area contributed by atoms with Gasteiger partial charge in [0, 0.05) is 29.4 Å². The van der Waals surface area contributed by atoms with Gasteiger partial charge in [0.15, 0.2) is 0 Å². The average Bonchev–Trinajstić information content (AvgIpc) is 3.21. The minimum Gasteiger partial charge on any atom is -0.367 e. The van der Waals surface area contributed by atoms with Crippen LogP contribution in [0.4, 0.5) is 5.69 Å². The Morgan fingerprint density at radius 3 is 2.39 bits per heavy atom. The molecule has 1 aliphatic heterocycles. The Bertz CT molecular complexity index is 1010. The summed E-state index contributed by atoms with van der Waals surface area (Å²) in [6, 6.07) is 26.3. The molecule has 160 valence electrons. The van der Waals surface area contributed by atoms with Crippen molar-refractivity contribution in [3.63, 3.8) is 0 Å². The van der Waals surface area contributed by atoms with Crippen molar-refractivity contribution >= 4 is 23.2 Å². The first-order chi connectivity index (χ1) is 15.1. The van der Waals surface area contributed by atoms with E-state index < -0.39 is 5.91 Å². The zero-order chi connectivity index (χ0) is 21.6. The summed E-state index contributed by atoms with van der Waals surface area (Å²) in [5, 5.41) is 4.31. The zero-order valence-electron chi connectivity index (χ0n) is 17.5. The summed E-state index contributed by atoms with van der Waals surface area (Å²) in [6.45, 7) is 3.67. The van der Waals surface area contributed by atoms with Gasteiger partial charge in [0.05, 0.1) is 0 Å². The molecule has 0 bridgehead atoms. The van der Waals surface area contributed by atoms with Crippen molar-refractivity contribution in [3.8, 4) is 0 Å². The molecule has 0 aliphatic carbocycles. The lowest BCUT2D eigenvalue weighted by Gasteiger charge is -2.30. The summed E-state index contributed by atoms with van der Waals surface area (Å²) in [7, 11) is 0. The first kappa shape index (κ1) is 21.4. The molecule has 3 N–H and O–H groups in total. The number of halogens is 1. The predicted octanol–water partition coefficient (Wildman–Crippen LogP) is 4.52. The summed E-state index contributed by atoms with van der Waals surface area (Å²) in [5.41, 5.74) is 9.60. The number of nitrogens with two attached hydrogens (primary N) is 1. The largest absolute Gasteiger partial charge is 0.367 e. The number of primary amides is 1. The standard InChI is InChI=1S/C26H28ClN3O/c27-24-9-11-25(12-10-24)30(17-20-7-4-8-21(14-20)26(28)31)18-23-16-29-15-22(23)13-19-5-2-1-3-6-19/h1-12,14,22-23,29H,13,15-18H2,(H2,28,31)/t22-,23+/m0/s1. The van der Waals surface area contributed by atoms with E-state index in [0.717, 1.165) is 42.3 Å². The molecule has 31 heavy (non-hydrogen) atoms. The van der Waals surface area contributed by atoms with Gasteiger partial charge >= 0.3 is 0 Å². The van der Waals surface area contributed by atoms with Crippen LogP contribution in [0.2, 0.25) is 5.02 Å². The van der Waals surface area contributed by atoms with Gasteiger partial charge < -0.3 is 16.0 Å². The van der Waals surface area contributed by atoms with E-state index in [-0.39, 0.29) is 0 Å². The summed E-state index contributed by atoms with van der Waals surface area (Å²) in [4.78, 5) is 14.0. The molecule has 0 spiro atoms. The highest BCUT2D eigenvalue weighted by Crippen LogP contribution is 2.27. The van der Waals surface area contributed by atoms with Gasteiger partial charge in [0.1, 0.15) is 0 Å². The molecule has 0 aromatic heterocycles. The molecular weight excluding hydrogens is 406 g/mol. The molecule has 5 heteroatoms. The van der Waals surface area contributed by atoms with E-state index in [2.05, 4.69) is 52.7 Å². The van der Waals surface area contributed by atoms with Gasteiger partial charge in [-0.2, -0.15) is 0 Å². The van der Waals surface area contributed by atoms with Crippen LogP contribution in [0, 0.1) is 11.8 Å². The molecule has 1 aliphatic rings. The lowest BCUT2D eigenvalue weighted by atomic mass is 9.89. The molecule has 4 nitrogen and oxygen atoms in total. The maximum absolute atomic E-state index is 11.6. The Morgan fingerprint density at radius 1 is 0.935 bits per heavy atom. The highest BCUT2D eigenvalue weighted by molar-refractivity contribution is 6.30. The Balaban J connectivity index is 1.55. The lowest BCUT2D eigenvalue weighted by Crippen LogP contribution is -2.33. The fraction of sp³-hybridized carbons (Fsp3) is 0.269. The maximum atomic E-state index is 11.6. The molecular formula is C26H28ClN3O. The van der Waals surface area contributed by atoms with Crippen LogP contribution in [0.5, 0.6) is 0 Å². The van der Waals surface area contributed by atoms with Gasteiger partial charge in [-0.3, -0.25) is 4.79 Å². The summed E-state index contributed by atoms with van der Waals surface area (Å²) in [6.07, 6.45) is 1.07. The Hall–Kier alpha value is -2.82. The van der Waals surface area contributed by atoms with Crippen molar-refractivity contribution in [2.24, 2.45) is 17.6 Å². The van der Waals surface area contributed by atoms with Crippen LogP contribution in [0.1, 0.15) is 21.5 Å². The number of benzene rings is 3. The molecule has 1 heterocycles. The number of nitrogens with one attached hydrogen (secondary N) is 1. The Morgan fingerprint density at radius 2 is 1.65 bits per heavy atom. The number of carbonyl (C=O) groups is 1. The molecule has 3 aromatic rings. The number of hydrogen-bond acceptors (Lipinski definition) is 3. The van der Waals surface area contributed by atoms with E-state index in [0.29, 0.717) is 23.9 Å². The lowest BCUT2D eigenvalue weighted by molar-refractivity contribution is 0.1000. The summed E-state index contributed by atoms with van der Waals surface area (Å²) < 4.78 is 0. The second-order valence-corrected chi connectivity index (χ2v) is 8.73. The predicted molar refractivity (Wildman–Crippen MR) is 127 cm³/mol.